The van der Waals surface area contributed by atoms with E-state index in [-0.39, 0.29) is 0 Å². The van der Waals surface area contributed by atoms with Crippen molar-refractivity contribution >= 4 is 0 Å². The highest BCUT2D eigenvalue weighted by Gasteiger charge is 2.21. The van der Waals surface area contributed by atoms with E-state index in [0.29, 0.717) is 5.92 Å². The van der Waals surface area contributed by atoms with Crippen LogP contribution in [-0.4, -0.2) is 11.7 Å². The minimum atomic E-state index is 0.674. The standard InChI is InChI=1S/C14H22N2O/c1-10-5-4-6-11(2)14(10)9-15-8-13-7-12(3)16-17-13/h5,7,11,14-15H,4,6,8-9H2,1-3H3/t11-,14-/m1/s1. The highest BCUT2D eigenvalue weighted by molar-refractivity contribution is 5.09. The molecule has 1 aliphatic rings. The van der Waals surface area contributed by atoms with Gasteiger partial charge in [0, 0.05) is 12.6 Å². The summed E-state index contributed by atoms with van der Waals surface area (Å²) in [7, 11) is 0. The van der Waals surface area contributed by atoms with Crippen molar-refractivity contribution in [1.82, 2.24) is 10.5 Å². The first-order chi connectivity index (χ1) is 8.16. The van der Waals surface area contributed by atoms with E-state index in [4.69, 9.17) is 4.52 Å². The summed E-state index contributed by atoms with van der Waals surface area (Å²) in [5, 5.41) is 7.36. The maximum Gasteiger partial charge on any atom is 0.150 e. The van der Waals surface area contributed by atoms with Gasteiger partial charge in [-0.2, -0.15) is 0 Å². The molecule has 0 unspecified atom stereocenters. The van der Waals surface area contributed by atoms with Crippen LogP contribution in [0, 0.1) is 18.8 Å². The second kappa shape index (κ2) is 5.50. The Bertz CT molecular complexity index is 395. The molecule has 1 aliphatic carbocycles. The van der Waals surface area contributed by atoms with Gasteiger partial charge in [0.15, 0.2) is 5.76 Å². The van der Waals surface area contributed by atoms with E-state index in [2.05, 4.69) is 30.4 Å². The van der Waals surface area contributed by atoms with E-state index < -0.39 is 0 Å². The molecule has 1 N–H and O–H groups in total. The Kier molecular flexibility index (Phi) is 4.00. The largest absolute Gasteiger partial charge is 0.360 e. The lowest BCUT2D eigenvalue weighted by atomic mass is 9.80. The summed E-state index contributed by atoms with van der Waals surface area (Å²) in [6, 6.07) is 1.99. The summed E-state index contributed by atoms with van der Waals surface area (Å²) in [6.45, 7) is 8.35. The van der Waals surface area contributed by atoms with Gasteiger partial charge in [-0.05, 0) is 38.5 Å². The average Bonchev–Trinajstić information content (AvgIpc) is 2.69. The molecule has 2 rings (SSSR count). The monoisotopic (exact) mass is 234 g/mol. The van der Waals surface area contributed by atoms with Crippen LogP contribution in [0.3, 0.4) is 0 Å². The fraction of sp³-hybridized carbons (Fsp3) is 0.643. The summed E-state index contributed by atoms with van der Waals surface area (Å²) in [6.07, 6.45) is 4.93. The van der Waals surface area contributed by atoms with Crippen LogP contribution < -0.4 is 5.32 Å². The predicted molar refractivity (Wildman–Crippen MR) is 68.6 cm³/mol. The van der Waals surface area contributed by atoms with E-state index in [0.717, 1.165) is 30.5 Å². The van der Waals surface area contributed by atoms with Crippen LogP contribution in [0.4, 0.5) is 0 Å². The third-order valence-electron chi connectivity index (χ3n) is 3.70. The molecule has 2 atom stereocenters. The van der Waals surface area contributed by atoms with Crippen molar-refractivity contribution < 1.29 is 4.52 Å². The van der Waals surface area contributed by atoms with E-state index in [1.54, 1.807) is 0 Å². The van der Waals surface area contributed by atoms with Gasteiger partial charge in [-0.1, -0.05) is 23.7 Å². The van der Waals surface area contributed by atoms with E-state index in [1.807, 2.05) is 13.0 Å². The van der Waals surface area contributed by atoms with E-state index >= 15 is 0 Å². The van der Waals surface area contributed by atoms with Crippen molar-refractivity contribution in [3.63, 3.8) is 0 Å². The van der Waals surface area contributed by atoms with E-state index in [9.17, 15) is 0 Å². The quantitative estimate of drug-likeness (QED) is 0.814. The van der Waals surface area contributed by atoms with Crippen molar-refractivity contribution in [1.29, 1.82) is 0 Å². The zero-order chi connectivity index (χ0) is 12.3. The summed E-state index contributed by atoms with van der Waals surface area (Å²) in [5.41, 5.74) is 2.48. The summed E-state index contributed by atoms with van der Waals surface area (Å²) >= 11 is 0. The Balaban J connectivity index is 1.81. The molecule has 17 heavy (non-hydrogen) atoms. The van der Waals surface area contributed by atoms with Crippen LogP contribution in [0.1, 0.15) is 38.1 Å². The molecule has 0 saturated carbocycles. The lowest BCUT2D eigenvalue weighted by molar-refractivity contribution is 0.331. The lowest BCUT2D eigenvalue weighted by Gasteiger charge is -2.28. The second-order valence-corrected chi connectivity index (χ2v) is 5.17. The summed E-state index contributed by atoms with van der Waals surface area (Å²) < 4.78 is 5.18. The van der Waals surface area contributed by atoms with Crippen molar-refractivity contribution in [2.24, 2.45) is 11.8 Å². The number of hydrogen-bond donors (Lipinski definition) is 1. The summed E-state index contributed by atoms with van der Waals surface area (Å²) in [5.74, 6) is 2.38. The van der Waals surface area contributed by atoms with Gasteiger partial charge in [0.25, 0.3) is 0 Å². The molecule has 0 bridgehead atoms. The highest BCUT2D eigenvalue weighted by atomic mass is 16.5. The van der Waals surface area contributed by atoms with Gasteiger partial charge < -0.3 is 9.84 Å². The van der Waals surface area contributed by atoms with E-state index in [1.165, 1.54) is 18.4 Å². The fourth-order valence-electron chi connectivity index (χ4n) is 2.59. The first-order valence-electron chi connectivity index (χ1n) is 6.46. The van der Waals surface area contributed by atoms with Crippen LogP contribution in [0.15, 0.2) is 22.2 Å². The number of aromatic nitrogens is 1. The number of nitrogens with zero attached hydrogens (tertiary/aromatic N) is 1. The number of nitrogens with one attached hydrogen (secondary N) is 1. The second-order valence-electron chi connectivity index (χ2n) is 5.17. The molecule has 0 amide bonds. The van der Waals surface area contributed by atoms with Crippen LogP contribution in [0.2, 0.25) is 0 Å². The molecular weight excluding hydrogens is 212 g/mol. The molecule has 0 saturated heterocycles. The van der Waals surface area contributed by atoms with Gasteiger partial charge >= 0.3 is 0 Å². The Morgan fingerprint density at radius 3 is 2.94 bits per heavy atom. The Morgan fingerprint density at radius 2 is 2.29 bits per heavy atom. The molecule has 94 valence electrons. The molecule has 0 radical (unpaired) electrons. The van der Waals surface area contributed by atoms with Crippen molar-refractivity contribution in [2.45, 2.75) is 40.2 Å². The molecule has 0 spiro atoms. The van der Waals surface area contributed by atoms with Gasteiger partial charge in [0.05, 0.1) is 12.2 Å². The Labute approximate surface area is 103 Å². The molecule has 1 aromatic heterocycles. The Hall–Kier alpha value is -1.09. The molecule has 0 fully saturated rings. The molecule has 0 aromatic carbocycles. The van der Waals surface area contributed by atoms with Crippen LogP contribution >= 0.6 is 0 Å². The average molecular weight is 234 g/mol. The molecule has 1 aromatic rings. The SMILES string of the molecule is CC1=CCC[C@@H](C)[C@@H]1CNCc1cc(C)no1. The molecule has 1 heterocycles. The maximum absolute atomic E-state index is 5.18. The topological polar surface area (TPSA) is 38.1 Å². The van der Waals surface area contributed by atoms with Gasteiger partial charge in [0.2, 0.25) is 0 Å². The summed E-state index contributed by atoms with van der Waals surface area (Å²) in [4.78, 5) is 0. The zero-order valence-electron chi connectivity index (χ0n) is 11.0. The fourth-order valence-corrected chi connectivity index (χ4v) is 2.59. The third-order valence-corrected chi connectivity index (χ3v) is 3.70. The van der Waals surface area contributed by atoms with Crippen LogP contribution in [0.5, 0.6) is 0 Å². The van der Waals surface area contributed by atoms with Gasteiger partial charge in [-0.15, -0.1) is 0 Å². The molecule has 0 aliphatic heterocycles. The number of aryl methyl sites for hydroxylation is 1. The molecule has 3 heteroatoms. The smallest absolute Gasteiger partial charge is 0.150 e. The van der Waals surface area contributed by atoms with Gasteiger partial charge in [0.1, 0.15) is 0 Å². The van der Waals surface area contributed by atoms with Crippen molar-refractivity contribution in [3.05, 3.63) is 29.2 Å². The first-order valence-corrected chi connectivity index (χ1v) is 6.46. The van der Waals surface area contributed by atoms with Gasteiger partial charge in [-0.3, -0.25) is 0 Å². The minimum absolute atomic E-state index is 0.674. The van der Waals surface area contributed by atoms with Crippen molar-refractivity contribution in [2.75, 3.05) is 6.54 Å². The number of allylic oxidation sites excluding steroid dienone is 1. The Morgan fingerprint density at radius 1 is 1.47 bits per heavy atom. The van der Waals surface area contributed by atoms with Crippen LogP contribution in [-0.2, 0) is 6.54 Å². The van der Waals surface area contributed by atoms with Crippen molar-refractivity contribution in [3.8, 4) is 0 Å². The maximum atomic E-state index is 5.18. The highest BCUT2D eigenvalue weighted by Crippen LogP contribution is 2.29. The molecular formula is C14H22N2O. The number of hydrogen-bond acceptors (Lipinski definition) is 3. The molecule has 3 nitrogen and oxygen atoms in total. The number of rotatable bonds is 4. The third kappa shape index (κ3) is 3.19. The zero-order valence-corrected chi connectivity index (χ0v) is 11.0. The first kappa shape index (κ1) is 12.4. The van der Waals surface area contributed by atoms with Crippen LogP contribution in [0.25, 0.3) is 0 Å². The lowest BCUT2D eigenvalue weighted by Crippen LogP contribution is -2.29. The normalized spacial score (nSPS) is 24.8. The van der Waals surface area contributed by atoms with Gasteiger partial charge in [-0.25, -0.2) is 0 Å². The predicted octanol–water partition coefficient (Wildman–Crippen LogP) is 3.07. The minimum Gasteiger partial charge on any atom is -0.360 e.